The fourth-order valence-electron chi connectivity index (χ4n) is 5.89. The van der Waals surface area contributed by atoms with Crippen LogP contribution >= 0.6 is 11.6 Å². The summed E-state index contributed by atoms with van der Waals surface area (Å²) in [5.41, 5.74) is 4.88. The number of halogens is 4. The molecule has 46 heavy (non-hydrogen) atoms. The maximum atomic E-state index is 12.7. The van der Waals surface area contributed by atoms with Gasteiger partial charge in [0.1, 0.15) is 11.6 Å². The molecule has 0 spiro atoms. The number of rotatable bonds is 12. The van der Waals surface area contributed by atoms with Crippen LogP contribution in [0.4, 0.5) is 19.0 Å². The molecule has 4 heterocycles. The smallest absolute Gasteiger partial charge is 0.404 e. The van der Waals surface area contributed by atoms with Gasteiger partial charge in [-0.25, -0.2) is 4.98 Å². The number of alkyl halides is 3. The van der Waals surface area contributed by atoms with Gasteiger partial charge in [0, 0.05) is 86.2 Å². The van der Waals surface area contributed by atoms with Crippen molar-refractivity contribution in [1.82, 2.24) is 24.3 Å². The van der Waals surface area contributed by atoms with Crippen molar-refractivity contribution in [2.24, 2.45) is 0 Å². The van der Waals surface area contributed by atoms with Gasteiger partial charge in [0.05, 0.1) is 11.9 Å². The second kappa shape index (κ2) is 14.5. The van der Waals surface area contributed by atoms with E-state index in [2.05, 4.69) is 64.9 Å². The van der Waals surface area contributed by atoms with E-state index in [9.17, 15) is 13.2 Å². The van der Waals surface area contributed by atoms with Crippen LogP contribution in [0, 0.1) is 0 Å². The number of ether oxygens (including phenoxy) is 1. The molecule has 6 rings (SSSR count). The van der Waals surface area contributed by atoms with Crippen molar-refractivity contribution in [1.29, 1.82) is 0 Å². The quantitative estimate of drug-likeness (QED) is 0.139. The molecule has 2 aromatic carbocycles. The lowest BCUT2D eigenvalue weighted by Gasteiger charge is -2.35. The molecule has 1 aliphatic rings. The third kappa shape index (κ3) is 8.37. The largest absolute Gasteiger partial charge is 0.573 e. The Morgan fingerprint density at radius 1 is 0.848 bits per heavy atom. The summed E-state index contributed by atoms with van der Waals surface area (Å²) in [6.07, 6.45) is 2.08. The minimum absolute atomic E-state index is 0.338. The predicted molar refractivity (Wildman–Crippen MR) is 176 cm³/mol. The standard InChI is InChI=1S/C35H36ClF3N6O/c36-31-8-2-1-7-27(31)24-44-19-17-43(18-20-44)23-26-10-13-33-29(21-26)30(32-12-11-28(22-42-32)46-35(37,38)39)25-45(33)16-6-5-15-41-34-9-3-4-14-40-34/h1-4,7-14,21-22,25H,5-6,15-20,23-24H2,(H,40,41). The molecule has 1 fully saturated rings. The average Bonchev–Trinajstić information content (AvgIpc) is 3.40. The normalized spacial score (nSPS) is 14.5. The summed E-state index contributed by atoms with van der Waals surface area (Å²) in [6, 6.07) is 23.2. The Morgan fingerprint density at radius 3 is 2.35 bits per heavy atom. The second-order valence-electron chi connectivity index (χ2n) is 11.5. The number of pyridine rings is 2. The van der Waals surface area contributed by atoms with Gasteiger partial charge in [0.15, 0.2) is 0 Å². The molecule has 5 aromatic rings. The lowest BCUT2D eigenvalue weighted by Crippen LogP contribution is -2.45. The van der Waals surface area contributed by atoms with E-state index in [1.54, 1.807) is 12.3 Å². The first-order valence-corrected chi connectivity index (χ1v) is 15.9. The average molecular weight is 649 g/mol. The number of hydrogen-bond acceptors (Lipinski definition) is 6. The maximum absolute atomic E-state index is 12.7. The van der Waals surface area contributed by atoms with E-state index >= 15 is 0 Å². The van der Waals surface area contributed by atoms with Crippen molar-refractivity contribution in [3.05, 3.63) is 108 Å². The Labute approximate surface area is 271 Å². The van der Waals surface area contributed by atoms with Crippen molar-refractivity contribution >= 4 is 28.3 Å². The topological polar surface area (TPSA) is 58.5 Å². The van der Waals surface area contributed by atoms with Gasteiger partial charge in [-0.3, -0.25) is 14.8 Å². The first kappa shape index (κ1) is 31.8. The third-order valence-corrected chi connectivity index (χ3v) is 8.58. The summed E-state index contributed by atoms with van der Waals surface area (Å²) in [5.74, 6) is 0.518. The zero-order valence-electron chi connectivity index (χ0n) is 25.4. The number of hydrogen-bond donors (Lipinski definition) is 1. The molecule has 3 aromatic heterocycles. The van der Waals surface area contributed by atoms with Crippen LogP contribution in [0.25, 0.3) is 22.2 Å². The molecular weight excluding hydrogens is 613 g/mol. The molecule has 0 atom stereocenters. The second-order valence-corrected chi connectivity index (χ2v) is 11.9. The zero-order chi connectivity index (χ0) is 31.9. The van der Waals surface area contributed by atoms with E-state index in [1.165, 1.54) is 11.6 Å². The fourth-order valence-corrected chi connectivity index (χ4v) is 6.08. The Bertz CT molecular complexity index is 1720. The maximum Gasteiger partial charge on any atom is 0.573 e. The van der Waals surface area contributed by atoms with Gasteiger partial charge in [-0.15, -0.1) is 13.2 Å². The van der Waals surface area contributed by atoms with Gasteiger partial charge in [-0.1, -0.05) is 41.9 Å². The number of aromatic nitrogens is 3. The number of aryl methyl sites for hydroxylation is 1. The Hall–Kier alpha value is -4.12. The van der Waals surface area contributed by atoms with E-state index < -0.39 is 6.36 Å². The molecule has 1 N–H and O–H groups in total. The molecule has 0 aliphatic carbocycles. The highest BCUT2D eigenvalue weighted by atomic mass is 35.5. The highest BCUT2D eigenvalue weighted by Gasteiger charge is 2.31. The number of anilines is 1. The van der Waals surface area contributed by atoms with Crippen molar-refractivity contribution < 1.29 is 17.9 Å². The number of piperazine rings is 1. The molecule has 1 aliphatic heterocycles. The molecular formula is C35H36ClF3N6O. The monoisotopic (exact) mass is 648 g/mol. The van der Waals surface area contributed by atoms with Gasteiger partial charge in [-0.05, 0) is 66.4 Å². The van der Waals surface area contributed by atoms with Crippen LogP contribution in [0.1, 0.15) is 24.0 Å². The molecule has 0 unspecified atom stereocenters. The zero-order valence-corrected chi connectivity index (χ0v) is 26.1. The van der Waals surface area contributed by atoms with E-state index in [0.717, 1.165) is 104 Å². The van der Waals surface area contributed by atoms with E-state index in [-0.39, 0.29) is 5.75 Å². The third-order valence-electron chi connectivity index (χ3n) is 8.21. The van der Waals surface area contributed by atoms with Crippen molar-refractivity contribution in [3.63, 3.8) is 0 Å². The lowest BCUT2D eigenvalue weighted by atomic mass is 10.1. The number of unbranched alkanes of at least 4 members (excludes halogenated alkanes) is 1. The van der Waals surface area contributed by atoms with Gasteiger partial charge < -0.3 is 14.6 Å². The highest BCUT2D eigenvalue weighted by Crippen LogP contribution is 2.33. The van der Waals surface area contributed by atoms with Gasteiger partial charge in [-0.2, -0.15) is 0 Å². The van der Waals surface area contributed by atoms with Crippen molar-refractivity contribution in [2.75, 3.05) is 38.0 Å². The summed E-state index contributed by atoms with van der Waals surface area (Å²) >= 11 is 6.38. The van der Waals surface area contributed by atoms with Crippen LogP contribution in [0.3, 0.4) is 0 Å². The lowest BCUT2D eigenvalue weighted by molar-refractivity contribution is -0.274. The van der Waals surface area contributed by atoms with E-state index in [4.69, 9.17) is 11.6 Å². The van der Waals surface area contributed by atoms with Crippen LogP contribution in [0.15, 0.2) is 91.4 Å². The molecule has 240 valence electrons. The molecule has 0 saturated carbocycles. The Balaban J connectivity index is 1.15. The fraction of sp³-hybridized carbons (Fsp3) is 0.314. The van der Waals surface area contributed by atoms with Crippen LogP contribution in [-0.4, -0.2) is 63.4 Å². The number of nitrogens with one attached hydrogen (secondary N) is 1. The minimum atomic E-state index is -4.76. The SMILES string of the molecule is FC(F)(F)Oc1ccc(-c2cn(CCCCNc3ccccn3)c3ccc(CN4CCN(Cc5ccccc5Cl)CC4)cc23)nc1. The van der Waals surface area contributed by atoms with E-state index in [0.29, 0.717) is 5.69 Å². The number of fused-ring (bicyclic) bond motifs is 1. The predicted octanol–water partition coefficient (Wildman–Crippen LogP) is 7.86. The molecule has 0 bridgehead atoms. The number of nitrogens with zero attached hydrogens (tertiary/aromatic N) is 5. The first-order chi connectivity index (χ1) is 22.3. The summed E-state index contributed by atoms with van der Waals surface area (Å²) in [4.78, 5) is 13.5. The highest BCUT2D eigenvalue weighted by molar-refractivity contribution is 6.31. The first-order valence-electron chi connectivity index (χ1n) is 15.5. The molecule has 0 radical (unpaired) electrons. The van der Waals surface area contributed by atoms with Gasteiger partial charge >= 0.3 is 6.36 Å². The van der Waals surface area contributed by atoms with Crippen LogP contribution in [0.5, 0.6) is 5.75 Å². The summed E-state index contributed by atoms with van der Waals surface area (Å²) in [5, 5.41) is 5.18. The van der Waals surface area contributed by atoms with Crippen molar-refractivity contribution in [2.45, 2.75) is 38.8 Å². The van der Waals surface area contributed by atoms with Crippen molar-refractivity contribution in [3.8, 4) is 17.0 Å². The molecule has 1 saturated heterocycles. The molecule has 11 heteroatoms. The van der Waals surface area contributed by atoms with Crippen LogP contribution in [0.2, 0.25) is 5.02 Å². The molecule has 7 nitrogen and oxygen atoms in total. The minimum Gasteiger partial charge on any atom is -0.404 e. The molecule has 0 amide bonds. The summed E-state index contributed by atoms with van der Waals surface area (Å²) < 4.78 is 44.5. The Morgan fingerprint density at radius 2 is 1.63 bits per heavy atom. The Kier molecular flexibility index (Phi) is 10.1. The summed E-state index contributed by atoms with van der Waals surface area (Å²) in [7, 11) is 0. The van der Waals surface area contributed by atoms with E-state index in [1.807, 2.05) is 36.4 Å². The number of benzene rings is 2. The van der Waals surface area contributed by atoms with Gasteiger partial charge in [0.25, 0.3) is 0 Å². The summed E-state index contributed by atoms with van der Waals surface area (Å²) in [6.45, 7) is 7.07. The van der Waals surface area contributed by atoms with Crippen LogP contribution < -0.4 is 10.1 Å². The van der Waals surface area contributed by atoms with Gasteiger partial charge in [0.2, 0.25) is 0 Å². The van der Waals surface area contributed by atoms with Crippen LogP contribution in [-0.2, 0) is 19.6 Å².